The molecule has 34 heavy (non-hydrogen) atoms. The molecule has 3 N–H and O–H groups in total. The second-order valence-corrected chi connectivity index (χ2v) is 9.12. The van der Waals surface area contributed by atoms with E-state index < -0.39 is 26.6 Å². The number of benzene rings is 2. The maximum absolute atomic E-state index is 13.4. The van der Waals surface area contributed by atoms with E-state index in [1.807, 2.05) is 19.1 Å². The Kier molecular flexibility index (Phi) is 6.37. The number of nitrogens with zero attached hydrogens (tertiary/aromatic N) is 3. The highest BCUT2D eigenvalue weighted by Crippen LogP contribution is 2.23. The van der Waals surface area contributed by atoms with Gasteiger partial charge in [0.2, 0.25) is 0 Å². The van der Waals surface area contributed by atoms with Crippen LogP contribution in [-0.4, -0.2) is 23.4 Å². The average molecular weight is 483 g/mol. The number of sulfonamides is 1. The van der Waals surface area contributed by atoms with Crippen LogP contribution >= 0.6 is 0 Å². The minimum absolute atomic E-state index is 0.224. The molecule has 4 rings (SSSR count). The van der Waals surface area contributed by atoms with E-state index in [1.165, 1.54) is 12.1 Å². The van der Waals surface area contributed by atoms with E-state index in [1.54, 1.807) is 31.3 Å². The average Bonchev–Trinajstić information content (AvgIpc) is 2.74. The predicted octanol–water partition coefficient (Wildman–Crippen LogP) is 5.05. The summed E-state index contributed by atoms with van der Waals surface area (Å²) < 4.78 is 54.0. The van der Waals surface area contributed by atoms with Crippen LogP contribution in [0.2, 0.25) is 0 Å². The number of aromatic nitrogens is 3. The number of hydrogen-bond donors (Lipinski definition) is 3. The Balaban J connectivity index is 1.48. The summed E-state index contributed by atoms with van der Waals surface area (Å²) in [6, 6.07) is 13.9. The van der Waals surface area contributed by atoms with Crippen LogP contribution in [0.1, 0.15) is 11.4 Å². The lowest BCUT2D eigenvalue weighted by atomic mass is 10.3. The van der Waals surface area contributed by atoms with E-state index in [0.717, 1.165) is 17.7 Å². The molecule has 2 heterocycles. The monoisotopic (exact) mass is 482 g/mol. The molecule has 0 atom stereocenters. The van der Waals surface area contributed by atoms with Crippen molar-refractivity contribution in [1.82, 2.24) is 15.0 Å². The van der Waals surface area contributed by atoms with Crippen LogP contribution in [0.5, 0.6) is 0 Å². The maximum Gasteiger partial charge on any atom is 0.262 e. The SMILES string of the molecule is Cc1ccnc(Nc2cc(Nc3ccc(NS(=O)(=O)c4cc(F)cc(F)c4)cc3)nc(C)n2)c1. The molecule has 2 aromatic carbocycles. The van der Waals surface area contributed by atoms with Gasteiger partial charge in [0.1, 0.15) is 34.9 Å². The summed E-state index contributed by atoms with van der Waals surface area (Å²) in [6.45, 7) is 3.72. The molecule has 2 aromatic heterocycles. The van der Waals surface area contributed by atoms with Gasteiger partial charge < -0.3 is 10.6 Å². The first-order chi connectivity index (χ1) is 16.2. The molecule has 0 fully saturated rings. The van der Waals surface area contributed by atoms with E-state index in [4.69, 9.17) is 0 Å². The van der Waals surface area contributed by atoms with Gasteiger partial charge in [0.05, 0.1) is 4.90 Å². The van der Waals surface area contributed by atoms with Crippen LogP contribution in [0, 0.1) is 25.5 Å². The van der Waals surface area contributed by atoms with Crippen LogP contribution in [0.3, 0.4) is 0 Å². The smallest absolute Gasteiger partial charge is 0.262 e. The zero-order valence-electron chi connectivity index (χ0n) is 18.2. The first-order valence-corrected chi connectivity index (χ1v) is 11.6. The van der Waals surface area contributed by atoms with E-state index in [-0.39, 0.29) is 5.69 Å². The molecule has 0 saturated carbocycles. The van der Waals surface area contributed by atoms with Gasteiger partial charge in [-0.2, -0.15) is 0 Å². The van der Waals surface area contributed by atoms with E-state index >= 15 is 0 Å². The minimum Gasteiger partial charge on any atom is -0.340 e. The standard InChI is InChI=1S/C23H20F2N6O2S/c1-14-7-8-26-21(9-14)30-23-13-22(27-15(2)28-23)29-18-3-5-19(6-4-18)31-34(32,33)20-11-16(24)10-17(25)12-20/h3-13,31H,1-2H3,(H2,26,27,28,29,30). The molecule has 8 nitrogen and oxygen atoms in total. The number of hydrogen-bond acceptors (Lipinski definition) is 7. The van der Waals surface area contributed by atoms with E-state index in [0.29, 0.717) is 35.0 Å². The lowest BCUT2D eigenvalue weighted by Crippen LogP contribution is -2.13. The molecule has 0 spiro atoms. The van der Waals surface area contributed by atoms with Crippen molar-refractivity contribution in [3.63, 3.8) is 0 Å². The summed E-state index contributed by atoms with van der Waals surface area (Å²) in [7, 11) is -4.16. The first kappa shape index (κ1) is 23.1. The van der Waals surface area contributed by atoms with Gasteiger partial charge in [-0.15, -0.1) is 0 Å². The van der Waals surface area contributed by atoms with Gasteiger partial charge in [-0.25, -0.2) is 32.2 Å². The number of halogens is 2. The Morgan fingerprint density at radius 1 is 0.735 bits per heavy atom. The summed E-state index contributed by atoms with van der Waals surface area (Å²) >= 11 is 0. The largest absolute Gasteiger partial charge is 0.340 e. The van der Waals surface area contributed by atoms with Crippen molar-refractivity contribution in [2.45, 2.75) is 18.7 Å². The third-order valence-corrected chi connectivity index (χ3v) is 5.93. The number of pyridine rings is 1. The van der Waals surface area contributed by atoms with Gasteiger partial charge in [-0.3, -0.25) is 4.72 Å². The molecule has 0 aliphatic rings. The van der Waals surface area contributed by atoms with Crippen molar-refractivity contribution in [3.8, 4) is 0 Å². The fourth-order valence-electron chi connectivity index (χ4n) is 3.10. The molecule has 11 heteroatoms. The topological polar surface area (TPSA) is 109 Å². The number of nitrogens with one attached hydrogen (secondary N) is 3. The lowest BCUT2D eigenvalue weighted by Gasteiger charge is -2.12. The van der Waals surface area contributed by atoms with Crippen molar-refractivity contribution in [2.24, 2.45) is 0 Å². The lowest BCUT2D eigenvalue weighted by molar-refractivity contribution is 0.568. The molecule has 0 unspecified atom stereocenters. The molecular weight excluding hydrogens is 462 g/mol. The fourth-order valence-corrected chi connectivity index (χ4v) is 4.20. The van der Waals surface area contributed by atoms with Gasteiger partial charge in [0.25, 0.3) is 10.0 Å². The van der Waals surface area contributed by atoms with Gasteiger partial charge in [-0.05, 0) is 67.9 Å². The highest BCUT2D eigenvalue weighted by Gasteiger charge is 2.16. The van der Waals surface area contributed by atoms with Gasteiger partial charge in [0.15, 0.2) is 0 Å². The molecule has 0 saturated heterocycles. The summed E-state index contributed by atoms with van der Waals surface area (Å²) in [4.78, 5) is 12.5. The Hall–Kier alpha value is -4.12. The Labute approximate surface area is 195 Å². The zero-order valence-corrected chi connectivity index (χ0v) is 19.0. The molecule has 0 aliphatic heterocycles. The fraction of sp³-hybridized carbons (Fsp3) is 0.0870. The Morgan fingerprint density at radius 3 is 2.00 bits per heavy atom. The minimum atomic E-state index is -4.16. The number of anilines is 5. The van der Waals surface area contributed by atoms with Crippen LogP contribution in [0.15, 0.2) is 71.8 Å². The normalized spacial score (nSPS) is 11.2. The molecular formula is C23H20F2N6O2S. The van der Waals surface area contributed by atoms with Crippen LogP contribution in [0.4, 0.5) is 37.6 Å². The first-order valence-electron chi connectivity index (χ1n) is 10.1. The summed E-state index contributed by atoms with van der Waals surface area (Å²) in [6.07, 6.45) is 1.70. The molecule has 174 valence electrons. The molecule has 0 bridgehead atoms. The van der Waals surface area contributed by atoms with Crippen molar-refractivity contribution in [1.29, 1.82) is 0 Å². The molecule has 0 radical (unpaired) electrons. The summed E-state index contributed by atoms with van der Waals surface area (Å²) in [5.41, 5.74) is 1.92. The number of rotatable bonds is 7. The molecule has 0 amide bonds. The summed E-state index contributed by atoms with van der Waals surface area (Å²) in [5.74, 6) is 0.302. The maximum atomic E-state index is 13.4. The van der Waals surface area contributed by atoms with Crippen LogP contribution < -0.4 is 15.4 Å². The molecule has 4 aromatic rings. The van der Waals surface area contributed by atoms with Crippen molar-refractivity contribution >= 4 is 38.9 Å². The summed E-state index contributed by atoms with van der Waals surface area (Å²) in [5, 5.41) is 6.27. The van der Waals surface area contributed by atoms with Crippen LogP contribution in [-0.2, 0) is 10.0 Å². The highest BCUT2D eigenvalue weighted by atomic mass is 32.2. The quantitative estimate of drug-likeness (QED) is 0.338. The predicted molar refractivity (Wildman–Crippen MR) is 126 cm³/mol. The van der Waals surface area contributed by atoms with E-state index in [2.05, 4.69) is 30.3 Å². The molecule has 0 aliphatic carbocycles. The van der Waals surface area contributed by atoms with Crippen molar-refractivity contribution < 1.29 is 17.2 Å². The highest BCUT2D eigenvalue weighted by molar-refractivity contribution is 7.92. The van der Waals surface area contributed by atoms with E-state index in [9.17, 15) is 17.2 Å². The second kappa shape index (κ2) is 9.40. The zero-order chi connectivity index (χ0) is 24.3. The van der Waals surface area contributed by atoms with Gasteiger partial charge in [0, 0.05) is 29.7 Å². The Morgan fingerprint density at radius 2 is 1.35 bits per heavy atom. The van der Waals surface area contributed by atoms with Crippen molar-refractivity contribution in [2.75, 3.05) is 15.4 Å². The third kappa shape index (κ3) is 5.81. The number of aryl methyl sites for hydroxylation is 2. The van der Waals surface area contributed by atoms with Gasteiger partial charge >= 0.3 is 0 Å². The van der Waals surface area contributed by atoms with Gasteiger partial charge in [-0.1, -0.05) is 0 Å². The second-order valence-electron chi connectivity index (χ2n) is 7.44. The van der Waals surface area contributed by atoms with Crippen molar-refractivity contribution in [3.05, 3.63) is 89.9 Å². The van der Waals surface area contributed by atoms with Crippen LogP contribution in [0.25, 0.3) is 0 Å². The third-order valence-electron chi connectivity index (χ3n) is 4.57. The Bertz CT molecular complexity index is 1430.